The van der Waals surface area contributed by atoms with Gasteiger partial charge in [0.25, 0.3) is 0 Å². The summed E-state index contributed by atoms with van der Waals surface area (Å²) in [4.78, 5) is 0. The van der Waals surface area contributed by atoms with E-state index in [1.807, 2.05) is 18.2 Å². The summed E-state index contributed by atoms with van der Waals surface area (Å²) in [6.07, 6.45) is 0. The third-order valence-corrected chi connectivity index (χ3v) is 4.07. The van der Waals surface area contributed by atoms with E-state index in [0.717, 1.165) is 0 Å². The first-order valence-corrected chi connectivity index (χ1v) is 11.1. The topological polar surface area (TPSA) is 27.7 Å². The van der Waals surface area contributed by atoms with Crippen molar-refractivity contribution >= 4 is 30.9 Å². The van der Waals surface area contributed by atoms with Crippen LogP contribution < -0.4 is 0 Å². The normalized spacial score (nSPS) is 13.5. The van der Waals surface area contributed by atoms with Gasteiger partial charge in [-0.25, -0.2) is 0 Å². The number of alkyl halides is 1. The number of ether oxygens (including phenoxy) is 2. The molecule has 5 heteroatoms. The minimum Gasteiger partial charge on any atom is -0.415 e. The van der Waals surface area contributed by atoms with E-state index in [1.165, 1.54) is 5.56 Å². The molecule has 0 aliphatic carbocycles. The molecule has 3 nitrogen and oxygen atoms in total. The number of benzene rings is 1. The zero-order chi connectivity index (χ0) is 14.1. The fraction of sp³-hybridized carbons (Fsp3) is 0.571. The van der Waals surface area contributed by atoms with Gasteiger partial charge in [-0.05, 0) is 47.8 Å². The van der Waals surface area contributed by atoms with Gasteiger partial charge in [0.1, 0.15) is 4.11 Å². The van der Waals surface area contributed by atoms with Crippen molar-refractivity contribution in [3.05, 3.63) is 35.9 Å². The number of rotatable bonds is 9. The third kappa shape index (κ3) is 9.56. The Morgan fingerprint density at radius 2 is 1.79 bits per heavy atom. The molecule has 1 atom stereocenters. The number of hydrogen-bond acceptors (Lipinski definition) is 3. The number of halogens is 1. The van der Waals surface area contributed by atoms with Crippen molar-refractivity contribution in [2.24, 2.45) is 0 Å². The maximum atomic E-state index is 5.72. The minimum atomic E-state index is -1.41. The quantitative estimate of drug-likeness (QED) is 0.276. The Bertz CT molecular complexity index is 340. The Balaban J connectivity index is 2.04. The zero-order valence-corrected chi connectivity index (χ0v) is 15.1. The van der Waals surface area contributed by atoms with Crippen LogP contribution in [0.15, 0.2) is 30.3 Å². The van der Waals surface area contributed by atoms with Gasteiger partial charge in [0.05, 0.1) is 26.4 Å². The minimum absolute atomic E-state index is 0.0755. The molecule has 0 aromatic heterocycles. The predicted octanol–water partition coefficient (Wildman–Crippen LogP) is 3.83. The highest BCUT2D eigenvalue weighted by Gasteiger charge is 2.13. The molecule has 0 fully saturated rings. The van der Waals surface area contributed by atoms with Crippen LogP contribution in [-0.4, -0.2) is 32.2 Å². The average molecular weight is 394 g/mol. The lowest BCUT2D eigenvalue weighted by Crippen LogP contribution is -2.28. The molecule has 0 N–H and O–H groups in total. The molecule has 0 aliphatic rings. The summed E-state index contributed by atoms with van der Waals surface area (Å²) >= 11 is 2.25. The third-order valence-electron chi connectivity index (χ3n) is 2.28. The molecule has 0 spiro atoms. The molecular weight excluding hydrogens is 371 g/mol. The van der Waals surface area contributed by atoms with Gasteiger partial charge in [-0.2, -0.15) is 0 Å². The van der Waals surface area contributed by atoms with Gasteiger partial charge in [-0.1, -0.05) is 30.3 Å². The Kier molecular flexibility index (Phi) is 8.16. The first kappa shape index (κ1) is 17.1. The molecule has 108 valence electrons. The van der Waals surface area contributed by atoms with Crippen LogP contribution in [0.25, 0.3) is 0 Å². The summed E-state index contributed by atoms with van der Waals surface area (Å²) in [6.45, 7) is 9.07. The van der Waals surface area contributed by atoms with E-state index in [0.29, 0.717) is 26.4 Å². The Hall–Kier alpha value is 0.0469. The summed E-state index contributed by atoms with van der Waals surface area (Å²) in [5.74, 6) is 0. The molecule has 19 heavy (non-hydrogen) atoms. The molecule has 1 unspecified atom stereocenters. The van der Waals surface area contributed by atoms with Gasteiger partial charge in [-0.3, -0.25) is 0 Å². The summed E-state index contributed by atoms with van der Waals surface area (Å²) in [6, 6.07) is 10.2. The Morgan fingerprint density at radius 1 is 1.11 bits per heavy atom. The molecular formula is C14H23IO3Si. The molecule has 0 bridgehead atoms. The van der Waals surface area contributed by atoms with E-state index in [9.17, 15) is 0 Å². The highest BCUT2D eigenvalue weighted by molar-refractivity contribution is 14.1. The molecule has 0 saturated heterocycles. The lowest BCUT2D eigenvalue weighted by Gasteiger charge is -2.18. The largest absolute Gasteiger partial charge is 0.415 e. The van der Waals surface area contributed by atoms with Crippen molar-refractivity contribution in [1.82, 2.24) is 0 Å². The molecule has 1 rings (SSSR count). The van der Waals surface area contributed by atoms with E-state index in [-0.39, 0.29) is 4.11 Å². The first-order chi connectivity index (χ1) is 8.97. The van der Waals surface area contributed by atoms with E-state index in [2.05, 4.69) is 54.4 Å². The second-order valence-corrected chi connectivity index (χ2v) is 11.1. The van der Waals surface area contributed by atoms with Crippen LogP contribution in [0, 0.1) is 0 Å². The van der Waals surface area contributed by atoms with Crippen LogP contribution in [0.5, 0.6) is 0 Å². The van der Waals surface area contributed by atoms with E-state index < -0.39 is 8.32 Å². The fourth-order valence-electron chi connectivity index (χ4n) is 1.42. The van der Waals surface area contributed by atoms with Gasteiger partial charge < -0.3 is 13.9 Å². The highest BCUT2D eigenvalue weighted by Crippen LogP contribution is 2.07. The highest BCUT2D eigenvalue weighted by atomic mass is 127. The summed E-state index contributed by atoms with van der Waals surface area (Å²) in [7, 11) is -1.41. The number of hydrogen-bond donors (Lipinski definition) is 0. The van der Waals surface area contributed by atoms with E-state index in [4.69, 9.17) is 13.9 Å². The standard InChI is InChI=1S/C14H23IO3Si/c1-19(2,3)18-10-9-17-14(15)12-16-11-13-7-5-4-6-8-13/h4-8,14H,9-12H2,1-3H3. The maximum Gasteiger partial charge on any atom is 0.183 e. The first-order valence-electron chi connectivity index (χ1n) is 6.49. The van der Waals surface area contributed by atoms with Gasteiger partial charge in [0.15, 0.2) is 8.32 Å². The maximum absolute atomic E-state index is 5.72. The smallest absolute Gasteiger partial charge is 0.183 e. The van der Waals surface area contributed by atoms with Crippen molar-refractivity contribution in [3.8, 4) is 0 Å². The fourth-order valence-corrected chi connectivity index (χ4v) is 2.62. The lowest BCUT2D eigenvalue weighted by atomic mass is 10.2. The van der Waals surface area contributed by atoms with Gasteiger partial charge >= 0.3 is 0 Å². The second-order valence-electron chi connectivity index (χ2n) is 5.24. The molecule has 0 aliphatic heterocycles. The van der Waals surface area contributed by atoms with Crippen LogP contribution in [0.2, 0.25) is 19.6 Å². The molecule has 1 aromatic carbocycles. The van der Waals surface area contributed by atoms with Crippen molar-refractivity contribution in [1.29, 1.82) is 0 Å². The summed E-state index contributed by atoms with van der Waals surface area (Å²) < 4.78 is 17.0. The van der Waals surface area contributed by atoms with Crippen LogP contribution in [0.3, 0.4) is 0 Å². The van der Waals surface area contributed by atoms with Crippen LogP contribution in [0.1, 0.15) is 5.56 Å². The summed E-state index contributed by atoms with van der Waals surface area (Å²) in [5.41, 5.74) is 1.19. The second kappa shape index (κ2) is 9.07. The zero-order valence-electron chi connectivity index (χ0n) is 11.9. The predicted molar refractivity (Wildman–Crippen MR) is 89.2 cm³/mol. The molecule has 0 radical (unpaired) electrons. The summed E-state index contributed by atoms with van der Waals surface area (Å²) in [5, 5.41) is 0. The van der Waals surface area contributed by atoms with Crippen LogP contribution in [-0.2, 0) is 20.5 Å². The monoisotopic (exact) mass is 394 g/mol. The Labute approximate surface area is 130 Å². The Morgan fingerprint density at radius 3 is 2.42 bits per heavy atom. The van der Waals surface area contributed by atoms with E-state index in [1.54, 1.807) is 0 Å². The molecule has 0 amide bonds. The van der Waals surface area contributed by atoms with Crippen molar-refractivity contribution in [2.75, 3.05) is 19.8 Å². The van der Waals surface area contributed by atoms with Gasteiger partial charge in [-0.15, -0.1) is 0 Å². The van der Waals surface area contributed by atoms with Crippen molar-refractivity contribution < 1.29 is 13.9 Å². The van der Waals surface area contributed by atoms with Gasteiger partial charge in [0, 0.05) is 0 Å². The SMILES string of the molecule is C[Si](C)(C)OCCOC(I)COCc1ccccc1. The van der Waals surface area contributed by atoms with Crippen LogP contribution in [0.4, 0.5) is 0 Å². The average Bonchev–Trinajstić information content (AvgIpc) is 2.35. The van der Waals surface area contributed by atoms with Crippen molar-refractivity contribution in [3.63, 3.8) is 0 Å². The molecule has 0 heterocycles. The van der Waals surface area contributed by atoms with Crippen molar-refractivity contribution in [2.45, 2.75) is 30.4 Å². The van der Waals surface area contributed by atoms with Crippen LogP contribution >= 0.6 is 22.6 Å². The van der Waals surface area contributed by atoms with Gasteiger partial charge in [0.2, 0.25) is 0 Å². The lowest BCUT2D eigenvalue weighted by molar-refractivity contribution is 0.0198. The molecule has 0 saturated carbocycles. The van der Waals surface area contributed by atoms with E-state index >= 15 is 0 Å². The molecule has 1 aromatic rings.